The van der Waals surface area contributed by atoms with Crippen molar-refractivity contribution in [2.75, 3.05) is 10.6 Å². The van der Waals surface area contributed by atoms with Gasteiger partial charge in [0.25, 0.3) is 0 Å². The first-order valence-electron chi connectivity index (χ1n) is 11.9. The van der Waals surface area contributed by atoms with Crippen LogP contribution in [0.5, 0.6) is 0 Å². The summed E-state index contributed by atoms with van der Waals surface area (Å²) < 4.78 is 29.1. The summed E-state index contributed by atoms with van der Waals surface area (Å²) in [6, 6.07) is 37.0. The van der Waals surface area contributed by atoms with Gasteiger partial charge < -0.3 is 9.90 Å². The van der Waals surface area contributed by atoms with Crippen molar-refractivity contribution in [3.63, 3.8) is 0 Å². The number of aryl methyl sites for hydroxylation is 2. The summed E-state index contributed by atoms with van der Waals surface area (Å²) in [5, 5.41) is 11.0. The van der Waals surface area contributed by atoms with Crippen LogP contribution in [-0.2, 0) is 14.8 Å². The molecule has 4 aromatic rings. The number of anilines is 1. The molecule has 0 saturated carbocycles. The molecule has 190 valence electrons. The van der Waals surface area contributed by atoms with E-state index in [-0.39, 0.29) is 0 Å². The molecule has 0 heterocycles. The molecule has 0 radical (unpaired) electrons. The first-order valence-corrected chi connectivity index (χ1v) is 18.0. The van der Waals surface area contributed by atoms with Crippen LogP contribution < -0.4 is 20.1 Å². The summed E-state index contributed by atoms with van der Waals surface area (Å²) in [5.74, 6) is -1.43. The zero-order valence-corrected chi connectivity index (χ0v) is 25.1. The molecule has 0 aliphatic carbocycles. The number of rotatable bonds is 7. The van der Waals surface area contributed by atoms with E-state index in [1.54, 1.807) is 32.0 Å². The second-order valence-corrected chi connectivity index (χ2v) is 17.7. The zero-order valence-electron chi connectivity index (χ0n) is 21.5. The van der Waals surface area contributed by atoms with Crippen LogP contribution in [0.4, 0.5) is 5.69 Å². The molecule has 4 rings (SSSR count). The van der Waals surface area contributed by atoms with Gasteiger partial charge >= 0.3 is 121 Å². The van der Waals surface area contributed by atoms with E-state index in [4.69, 9.17) is 0 Å². The third-order valence-electron chi connectivity index (χ3n) is 5.90. The number of hydrogen-bond acceptors (Lipinski definition) is 4. The monoisotopic (exact) mass is 621 g/mol. The molecule has 0 aliphatic rings. The summed E-state index contributed by atoms with van der Waals surface area (Å²) in [5.41, 5.74) is 1.80. The maximum atomic E-state index is 11.8. The molecule has 0 N–H and O–H groups in total. The van der Waals surface area contributed by atoms with Gasteiger partial charge in [0.2, 0.25) is 10.0 Å². The molecule has 5 nitrogen and oxygen atoms in total. The first-order chi connectivity index (χ1) is 17.6. The fourth-order valence-electron chi connectivity index (χ4n) is 4.21. The van der Waals surface area contributed by atoms with Crippen molar-refractivity contribution >= 4 is 52.2 Å². The van der Waals surface area contributed by atoms with E-state index in [1.165, 1.54) is 17.7 Å². The molecular weight excluding hydrogens is 589 g/mol. The molecule has 4 aromatic carbocycles. The second-order valence-electron chi connectivity index (χ2n) is 8.77. The van der Waals surface area contributed by atoms with E-state index in [0.29, 0.717) is 16.8 Å². The summed E-state index contributed by atoms with van der Waals surface area (Å²) in [7, 11) is -3.69. The number of para-hydroxylation sites is 1. The predicted octanol–water partition coefficient (Wildman–Crippen LogP) is 2.41. The van der Waals surface area contributed by atoms with Crippen molar-refractivity contribution in [1.29, 1.82) is 0 Å². The number of benzene rings is 4. The third kappa shape index (κ3) is 7.46. The van der Waals surface area contributed by atoms with Crippen LogP contribution in [0.3, 0.4) is 0 Å². The van der Waals surface area contributed by atoms with Crippen LogP contribution in [0.2, 0.25) is 0 Å². The van der Waals surface area contributed by atoms with Gasteiger partial charge in [-0.05, 0) is 31.9 Å². The number of aliphatic carboxylic acids is 1. The Morgan fingerprint density at radius 1 is 0.703 bits per heavy atom. The number of carboxylic acids is 1. The summed E-state index contributed by atoms with van der Waals surface area (Å²) in [6.07, 6.45) is 0.984. The molecule has 1 atom stereocenters. The predicted molar refractivity (Wildman–Crippen MR) is 152 cm³/mol. The van der Waals surface area contributed by atoms with Crippen molar-refractivity contribution in [2.45, 2.75) is 26.8 Å². The average Bonchev–Trinajstić information content (AvgIpc) is 2.88. The van der Waals surface area contributed by atoms with Crippen LogP contribution in [0.1, 0.15) is 18.1 Å². The molecule has 0 spiro atoms. The number of sulfonamides is 1. The standard InChI is InChI=1S/C12H17NO4S.3C6H5.Sn/c1-8-6-5-7-9(2)11(8)13(18(4,16)17)10(3)12(14)15;3*1-2-4-6-5-3-1;/h5-7,10H,1-4H3,(H,14,15);3*1-5H;/q;;;;+1/p-1/t10-;;;;/m0..../s1. The number of hydrogen-bond donors (Lipinski definition) is 0. The molecule has 0 bridgehead atoms. The first kappa shape index (κ1) is 28.5. The van der Waals surface area contributed by atoms with Gasteiger partial charge in [0.15, 0.2) is 0 Å². The fourth-order valence-corrected chi connectivity index (χ4v) is 12.8. The average molecular weight is 620 g/mol. The Hall–Kier alpha value is -3.10. The van der Waals surface area contributed by atoms with E-state index in [9.17, 15) is 18.3 Å². The Morgan fingerprint density at radius 2 is 1.05 bits per heavy atom. The van der Waals surface area contributed by atoms with Gasteiger partial charge in [-0.2, -0.15) is 0 Å². The zero-order chi connectivity index (χ0) is 27.0. The molecule has 0 unspecified atom stereocenters. The van der Waals surface area contributed by atoms with E-state index in [0.717, 1.165) is 10.6 Å². The van der Waals surface area contributed by atoms with Crippen LogP contribution in [0, 0.1) is 13.8 Å². The van der Waals surface area contributed by atoms with Gasteiger partial charge in [0.1, 0.15) is 0 Å². The molecule has 0 fully saturated rings. The molecule has 7 heteroatoms. The van der Waals surface area contributed by atoms with E-state index in [2.05, 4.69) is 91.0 Å². The number of carbonyl (C=O) groups excluding carboxylic acids is 1. The maximum absolute atomic E-state index is 11.8. The second kappa shape index (κ2) is 12.9. The van der Waals surface area contributed by atoms with Crippen molar-refractivity contribution in [3.8, 4) is 0 Å². The topological polar surface area (TPSA) is 77.5 Å². The molecule has 0 aliphatic heterocycles. The summed E-state index contributed by atoms with van der Waals surface area (Å²) in [4.78, 5) is 11.0. The van der Waals surface area contributed by atoms with Gasteiger partial charge in [0.05, 0.1) is 24.0 Å². The Labute approximate surface area is 227 Å². The van der Waals surface area contributed by atoms with E-state index >= 15 is 0 Å². The van der Waals surface area contributed by atoms with Gasteiger partial charge in [-0.3, -0.25) is 4.31 Å². The number of carboxylic acid groups (broad SMARTS) is 1. The molecular formula is C30H31NO4SSn. The SMILES string of the molecule is Cc1cccc(C)c1N([C@@H](C)C(=O)[O-])S(C)(=O)=O.c1cc[c]([Sn+]([c]2ccccc2)[c]2ccccc2)cc1. The molecule has 0 aromatic heterocycles. The van der Waals surface area contributed by atoms with Gasteiger partial charge in [-0.25, -0.2) is 8.42 Å². The van der Waals surface area contributed by atoms with Crippen molar-refractivity contribution in [3.05, 3.63) is 120 Å². The van der Waals surface area contributed by atoms with Gasteiger partial charge in [0, 0.05) is 0 Å². The summed E-state index contributed by atoms with van der Waals surface area (Å²) >= 11 is -1.98. The van der Waals surface area contributed by atoms with E-state index in [1.807, 2.05) is 0 Å². The quantitative estimate of drug-likeness (QED) is 0.298. The normalized spacial score (nSPS) is 11.6. The van der Waals surface area contributed by atoms with Gasteiger partial charge in [-0.15, -0.1) is 0 Å². The minimum absolute atomic E-state index is 0.400. The van der Waals surface area contributed by atoms with Crippen molar-refractivity contribution in [2.24, 2.45) is 0 Å². The van der Waals surface area contributed by atoms with Crippen LogP contribution in [-0.4, -0.2) is 46.4 Å². The Balaban J connectivity index is 0.000000206. The summed E-state index contributed by atoms with van der Waals surface area (Å²) in [6.45, 7) is 4.77. The van der Waals surface area contributed by atoms with Crippen LogP contribution in [0.25, 0.3) is 0 Å². The number of nitrogens with zero attached hydrogens (tertiary/aromatic N) is 1. The molecule has 0 amide bonds. The van der Waals surface area contributed by atoms with Crippen molar-refractivity contribution < 1.29 is 18.3 Å². The minimum atomic E-state index is -3.69. The van der Waals surface area contributed by atoms with Crippen LogP contribution in [0.15, 0.2) is 109 Å². The Morgan fingerprint density at radius 3 is 1.35 bits per heavy atom. The Kier molecular flexibility index (Phi) is 9.94. The Bertz CT molecular complexity index is 1300. The van der Waals surface area contributed by atoms with Crippen LogP contribution >= 0.6 is 0 Å². The van der Waals surface area contributed by atoms with Crippen molar-refractivity contribution in [1.82, 2.24) is 0 Å². The molecule has 37 heavy (non-hydrogen) atoms. The number of carbonyl (C=O) groups is 1. The van der Waals surface area contributed by atoms with Gasteiger partial charge in [-0.1, -0.05) is 18.2 Å². The fraction of sp³-hybridized carbons (Fsp3) is 0.167. The van der Waals surface area contributed by atoms with E-state index < -0.39 is 41.8 Å². The molecule has 0 saturated heterocycles. The third-order valence-corrected chi connectivity index (χ3v) is 14.9.